The van der Waals surface area contributed by atoms with Gasteiger partial charge in [-0.1, -0.05) is 33.6 Å². The van der Waals surface area contributed by atoms with E-state index in [-0.39, 0.29) is 12.4 Å². The lowest BCUT2D eigenvalue weighted by molar-refractivity contribution is -0.144. The van der Waals surface area contributed by atoms with Crippen LogP contribution in [0.2, 0.25) is 0 Å². The molecule has 0 amide bonds. The topological polar surface area (TPSA) is 63.3 Å². The Labute approximate surface area is 92.5 Å². The minimum atomic E-state index is -1.01. The number of nitrogens with two attached hydrogens (primary N) is 1. The molecule has 0 aromatic rings. The summed E-state index contributed by atoms with van der Waals surface area (Å²) in [6.45, 7) is 6.03. The summed E-state index contributed by atoms with van der Waals surface area (Å²) in [5.74, 6) is -0.535. The number of unbranched alkanes of at least 4 members (excludes halogenated alkanes) is 1. The summed E-state index contributed by atoms with van der Waals surface area (Å²) >= 11 is 0. The Kier molecular flexibility index (Phi) is 8.16. The maximum Gasteiger partial charge on any atom is 0.323 e. The van der Waals surface area contributed by atoms with E-state index < -0.39 is 11.5 Å². The molecular formula is C10H22ClNO2. The molecule has 1 atom stereocenters. The van der Waals surface area contributed by atoms with Gasteiger partial charge >= 0.3 is 5.97 Å². The summed E-state index contributed by atoms with van der Waals surface area (Å²) in [4.78, 5) is 10.9. The Balaban J connectivity index is 0. The summed E-state index contributed by atoms with van der Waals surface area (Å²) in [6.07, 6.45) is 3.01. The summed E-state index contributed by atoms with van der Waals surface area (Å²) in [5, 5.41) is 8.98. The second-order valence-electron chi connectivity index (χ2n) is 4.16. The highest BCUT2D eigenvalue weighted by Crippen LogP contribution is 2.20. The smallest absolute Gasteiger partial charge is 0.323 e. The highest BCUT2D eigenvalue weighted by Gasteiger charge is 2.33. The molecule has 0 aromatic carbocycles. The van der Waals surface area contributed by atoms with Gasteiger partial charge in [0.05, 0.1) is 0 Å². The molecule has 0 fully saturated rings. The Hall–Kier alpha value is -0.280. The summed E-state index contributed by atoms with van der Waals surface area (Å²) in [7, 11) is 0. The van der Waals surface area contributed by atoms with Crippen LogP contribution >= 0.6 is 12.4 Å². The minimum Gasteiger partial charge on any atom is -0.480 e. The van der Waals surface area contributed by atoms with Crippen LogP contribution in [0.1, 0.15) is 46.5 Å². The standard InChI is InChI=1S/C10H21NO2.ClH/c1-4-5-6-10(11,9(12)13)7-8(2)3;/h8H,4-7,11H2,1-3H3,(H,12,13);1H. The number of carbonyl (C=O) groups is 1. The number of carboxylic acid groups (broad SMARTS) is 1. The molecule has 14 heavy (non-hydrogen) atoms. The molecule has 0 aliphatic rings. The second kappa shape index (κ2) is 7.07. The van der Waals surface area contributed by atoms with Gasteiger partial charge in [0.15, 0.2) is 0 Å². The summed E-state index contributed by atoms with van der Waals surface area (Å²) in [5.41, 5.74) is 4.82. The van der Waals surface area contributed by atoms with Gasteiger partial charge in [0, 0.05) is 0 Å². The van der Waals surface area contributed by atoms with Crippen molar-refractivity contribution in [3.05, 3.63) is 0 Å². The molecule has 0 heterocycles. The Bertz CT molecular complexity index is 174. The normalized spacial score (nSPS) is 14.6. The van der Waals surface area contributed by atoms with Gasteiger partial charge in [-0.05, 0) is 18.8 Å². The average molecular weight is 224 g/mol. The van der Waals surface area contributed by atoms with Gasteiger partial charge in [0.25, 0.3) is 0 Å². The van der Waals surface area contributed by atoms with Crippen molar-refractivity contribution in [2.24, 2.45) is 11.7 Å². The van der Waals surface area contributed by atoms with Crippen LogP contribution in [-0.2, 0) is 4.79 Å². The van der Waals surface area contributed by atoms with Crippen molar-refractivity contribution in [2.75, 3.05) is 0 Å². The lowest BCUT2D eigenvalue weighted by Gasteiger charge is -2.26. The first-order valence-corrected chi connectivity index (χ1v) is 4.94. The first-order chi connectivity index (χ1) is 5.92. The Morgan fingerprint density at radius 2 is 2.00 bits per heavy atom. The Morgan fingerprint density at radius 3 is 2.29 bits per heavy atom. The number of rotatable bonds is 6. The molecule has 0 spiro atoms. The van der Waals surface area contributed by atoms with Gasteiger partial charge in [-0.25, -0.2) is 0 Å². The first kappa shape index (κ1) is 16.2. The van der Waals surface area contributed by atoms with E-state index in [0.717, 1.165) is 12.8 Å². The Morgan fingerprint density at radius 1 is 1.50 bits per heavy atom. The van der Waals surface area contributed by atoms with E-state index in [1.807, 2.05) is 20.8 Å². The van der Waals surface area contributed by atoms with Gasteiger partial charge in [0.1, 0.15) is 5.54 Å². The first-order valence-electron chi connectivity index (χ1n) is 4.94. The van der Waals surface area contributed by atoms with Crippen molar-refractivity contribution < 1.29 is 9.90 Å². The van der Waals surface area contributed by atoms with Crippen LogP contribution in [0, 0.1) is 5.92 Å². The zero-order chi connectivity index (χ0) is 10.5. The van der Waals surface area contributed by atoms with Gasteiger partial charge in [-0.15, -0.1) is 12.4 Å². The fraction of sp³-hybridized carbons (Fsp3) is 0.900. The van der Waals surface area contributed by atoms with E-state index in [0.29, 0.717) is 18.8 Å². The molecule has 0 rings (SSSR count). The number of carboxylic acids is 1. The van der Waals surface area contributed by atoms with Crippen LogP contribution < -0.4 is 5.73 Å². The SMILES string of the molecule is CCCCC(N)(CC(C)C)C(=O)O.Cl. The van der Waals surface area contributed by atoms with Gasteiger partial charge in [0.2, 0.25) is 0 Å². The molecule has 86 valence electrons. The number of aliphatic carboxylic acids is 1. The van der Waals surface area contributed by atoms with Crippen molar-refractivity contribution >= 4 is 18.4 Å². The molecule has 0 aliphatic heterocycles. The molecule has 4 heteroatoms. The van der Waals surface area contributed by atoms with Gasteiger partial charge in [-0.2, -0.15) is 0 Å². The molecule has 0 aromatic heterocycles. The fourth-order valence-electron chi connectivity index (χ4n) is 1.52. The van der Waals surface area contributed by atoms with Crippen LogP contribution in [0.4, 0.5) is 0 Å². The highest BCUT2D eigenvalue weighted by atomic mass is 35.5. The number of hydrogen-bond acceptors (Lipinski definition) is 2. The molecule has 0 saturated carbocycles. The minimum absolute atomic E-state index is 0. The lowest BCUT2D eigenvalue weighted by atomic mass is 9.85. The van der Waals surface area contributed by atoms with E-state index in [1.54, 1.807) is 0 Å². The average Bonchev–Trinajstić information content (AvgIpc) is 1.99. The predicted molar refractivity (Wildman–Crippen MR) is 60.8 cm³/mol. The van der Waals surface area contributed by atoms with Crippen molar-refractivity contribution in [1.82, 2.24) is 0 Å². The number of hydrogen-bond donors (Lipinski definition) is 2. The zero-order valence-electron chi connectivity index (χ0n) is 9.25. The molecule has 0 radical (unpaired) electrons. The van der Waals surface area contributed by atoms with Crippen molar-refractivity contribution in [3.8, 4) is 0 Å². The molecule has 3 nitrogen and oxygen atoms in total. The van der Waals surface area contributed by atoms with E-state index >= 15 is 0 Å². The lowest BCUT2D eigenvalue weighted by Crippen LogP contribution is -2.48. The van der Waals surface area contributed by atoms with Crippen LogP contribution in [0.3, 0.4) is 0 Å². The van der Waals surface area contributed by atoms with Crippen LogP contribution in [0.15, 0.2) is 0 Å². The molecule has 0 aliphatic carbocycles. The largest absolute Gasteiger partial charge is 0.480 e. The third-order valence-electron chi connectivity index (χ3n) is 2.17. The van der Waals surface area contributed by atoms with Gasteiger partial charge < -0.3 is 10.8 Å². The van der Waals surface area contributed by atoms with E-state index in [1.165, 1.54) is 0 Å². The van der Waals surface area contributed by atoms with E-state index in [9.17, 15) is 4.79 Å². The third kappa shape index (κ3) is 5.45. The summed E-state index contributed by atoms with van der Waals surface area (Å²) in [6, 6.07) is 0. The van der Waals surface area contributed by atoms with E-state index in [2.05, 4.69) is 0 Å². The quantitative estimate of drug-likeness (QED) is 0.727. The van der Waals surface area contributed by atoms with E-state index in [4.69, 9.17) is 10.8 Å². The van der Waals surface area contributed by atoms with Crippen molar-refractivity contribution in [2.45, 2.75) is 52.0 Å². The van der Waals surface area contributed by atoms with Crippen LogP contribution in [0.25, 0.3) is 0 Å². The molecule has 0 bridgehead atoms. The molecule has 0 saturated heterocycles. The monoisotopic (exact) mass is 223 g/mol. The fourth-order valence-corrected chi connectivity index (χ4v) is 1.52. The maximum atomic E-state index is 10.9. The van der Waals surface area contributed by atoms with Crippen molar-refractivity contribution in [1.29, 1.82) is 0 Å². The molecule has 1 unspecified atom stereocenters. The molecule has 3 N–H and O–H groups in total. The van der Waals surface area contributed by atoms with Crippen LogP contribution in [0.5, 0.6) is 0 Å². The molecular weight excluding hydrogens is 202 g/mol. The maximum absolute atomic E-state index is 10.9. The third-order valence-corrected chi connectivity index (χ3v) is 2.17. The summed E-state index contributed by atoms with van der Waals surface area (Å²) < 4.78 is 0. The van der Waals surface area contributed by atoms with Crippen molar-refractivity contribution in [3.63, 3.8) is 0 Å². The number of halogens is 1. The van der Waals surface area contributed by atoms with Gasteiger partial charge in [-0.3, -0.25) is 4.79 Å². The highest BCUT2D eigenvalue weighted by molar-refractivity contribution is 5.85. The predicted octanol–water partition coefficient (Wildman–Crippen LogP) is 2.43. The second-order valence-corrected chi connectivity index (χ2v) is 4.16. The zero-order valence-corrected chi connectivity index (χ0v) is 10.1. The van der Waals surface area contributed by atoms with Crippen LogP contribution in [-0.4, -0.2) is 16.6 Å².